The summed E-state index contributed by atoms with van der Waals surface area (Å²) in [7, 11) is 0. The summed E-state index contributed by atoms with van der Waals surface area (Å²) in [4.78, 5) is 23.6. The van der Waals surface area contributed by atoms with Crippen molar-refractivity contribution in [1.29, 1.82) is 0 Å². The minimum Gasteiger partial charge on any atom is -0.461 e. The van der Waals surface area contributed by atoms with E-state index in [1.165, 1.54) is 6.07 Å². The molecule has 0 atom stereocenters. The number of esters is 1. The van der Waals surface area contributed by atoms with Gasteiger partial charge in [-0.25, -0.2) is 4.79 Å². The van der Waals surface area contributed by atoms with Gasteiger partial charge in [0.25, 0.3) is 0 Å². The van der Waals surface area contributed by atoms with Crippen LogP contribution < -0.4 is 5.63 Å². The van der Waals surface area contributed by atoms with Gasteiger partial charge in [0.05, 0.1) is 6.42 Å². The Hall–Kier alpha value is -2.11. The number of hydrogen-bond acceptors (Lipinski definition) is 4. The van der Waals surface area contributed by atoms with Gasteiger partial charge in [0.1, 0.15) is 12.2 Å². The molecule has 0 saturated carbocycles. The van der Waals surface area contributed by atoms with Crippen LogP contribution in [0.5, 0.6) is 0 Å². The van der Waals surface area contributed by atoms with E-state index < -0.39 is 5.63 Å². The Balaban J connectivity index is 1.74. The fourth-order valence-electron chi connectivity index (χ4n) is 2.30. The van der Waals surface area contributed by atoms with Crippen LogP contribution in [0.2, 0.25) is 5.02 Å². The lowest BCUT2D eigenvalue weighted by Crippen LogP contribution is -2.09. The second kappa shape index (κ2) is 7.20. The molecule has 122 valence electrons. The zero-order valence-electron chi connectivity index (χ0n) is 12.4. The molecule has 0 spiro atoms. The smallest absolute Gasteiger partial charge is 0.336 e. The average Bonchev–Trinajstić information content (AvgIpc) is 2.54. The standard InChI is InChI=1S/C18H12BrClO4/c19-13-3-6-15-12(8-18(22)24-16(15)9-13)10-23-17(21)7-11-1-4-14(20)5-2-11/h1-6,8-9H,7,10H2. The van der Waals surface area contributed by atoms with Crippen molar-refractivity contribution in [1.82, 2.24) is 0 Å². The first kappa shape index (κ1) is 16.7. The van der Waals surface area contributed by atoms with Crippen LogP contribution in [0, 0.1) is 0 Å². The van der Waals surface area contributed by atoms with Crippen LogP contribution in [0.15, 0.2) is 62.2 Å². The maximum absolute atomic E-state index is 12.0. The van der Waals surface area contributed by atoms with E-state index in [-0.39, 0.29) is 19.0 Å². The third kappa shape index (κ3) is 4.04. The lowest BCUT2D eigenvalue weighted by molar-refractivity contribution is -0.144. The van der Waals surface area contributed by atoms with Gasteiger partial charge in [-0.15, -0.1) is 0 Å². The van der Waals surface area contributed by atoms with Gasteiger partial charge >= 0.3 is 11.6 Å². The van der Waals surface area contributed by atoms with E-state index in [9.17, 15) is 9.59 Å². The zero-order chi connectivity index (χ0) is 17.1. The Labute approximate surface area is 151 Å². The Morgan fingerprint density at radius 1 is 1.12 bits per heavy atom. The number of carbonyl (C=O) groups is 1. The number of hydrogen-bond donors (Lipinski definition) is 0. The molecule has 0 aliphatic carbocycles. The van der Waals surface area contributed by atoms with Gasteiger partial charge in [-0.2, -0.15) is 0 Å². The highest BCUT2D eigenvalue weighted by Gasteiger charge is 2.10. The summed E-state index contributed by atoms with van der Waals surface area (Å²) in [6, 6.07) is 13.7. The number of carbonyl (C=O) groups excluding carboxylic acids is 1. The number of benzene rings is 2. The second-order valence-electron chi connectivity index (χ2n) is 5.20. The van der Waals surface area contributed by atoms with Crippen LogP contribution in [0.4, 0.5) is 0 Å². The number of halogens is 2. The van der Waals surface area contributed by atoms with Crippen LogP contribution >= 0.6 is 27.5 Å². The quantitative estimate of drug-likeness (QED) is 0.472. The topological polar surface area (TPSA) is 56.5 Å². The molecular weight excluding hydrogens is 396 g/mol. The van der Waals surface area contributed by atoms with Gasteiger partial charge in [0.2, 0.25) is 0 Å². The van der Waals surface area contributed by atoms with Crippen LogP contribution in [0.25, 0.3) is 11.0 Å². The van der Waals surface area contributed by atoms with E-state index in [4.69, 9.17) is 20.8 Å². The summed E-state index contributed by atoms with van der Waals surface area (Å²) in [5, 5.41) is 1.35. The highest BCUT2D eigenvalue weighted by molar-refractivity contribution is 9.10. The van der Waals surface area contributed by atoms with Crippen LogP contribution in [-0.4, -0.2) is 5.97 Å². The molecule has 0 aliphatic heterocycles. The van der Waals surface area contributed by atoms with Gasteiger partial charge in [0, 0.05) is 26.5 Å². The van der Waals surface area contributed by atoms with E-state index >= 15 is 0 Å². The molecule has 4 nitrogen and oxygen atoms in total. The molecule has 0 unspecified atom stereocenters. The molecular formula is C18H12BrClO4. The predicted octanol–water partition coefficient (Wildman–Crippen LogP) is 4.49. The number of rotatable bonds is 4. The Morgan fingerprint density at radius 2 is 1.88 bits per heavy atom. The summed E-state index contributed by atoms with van der Waals surface area (Å²) in [6.45, 7) is 0.0101. The van der Waals surface area contributed by atoms with Crippen molar-refractivity contribution >= 4 is 44.5 Å². The Kier molecular flexibility index (Phi) is 5.02. The van der Waals surface area contributed by atoms with Crippen molar-refractivity contribution in [2.75, 3.05) is 0 Å². The van der Waals surface area contributed by atoms with Gasteiger partial charge in [-0.1, -0.05) is 39.7 Å². The van der Waals surface area contributed by atoms with Crippen molar-refractivity contribution in [3.05, 3.63) is 79.6 Å². The lowest BCUT2D eigenvalue weighted by atomic mass is 10.1. The molecule has 3 rings (SSSR count). The van der Waals surface area contributed by atoms with Crippen LogP contribution in [0.3, 0.4) is 0 Å². The molecule has 0 saturated heterocycles. The van der Waals surface area contributed by atoms with E-state index in [2.05, 4.69) is 15.9 Å². The predicted molar refractivity (Wildman–Crippen MR) is 95.1 cm³/mol. The first-order valence-electron chi connectivity index (χ1n) is 7.13. The van der Waals surface area contributed by atoms with Crippen molar-refractivity contribution < 1.29 is 13.9 Å². The fourth-order valence-corrected chi connectivity index (χ4v) is 2.77. The van der Waals surface area contributed by atoms with Crippen molar-refractivity contribution in [3.8, 4) is 0 Å². The van der Waals surface area contributed by atoms with Gasteiger partial charge < -0.3 is 9.15 Å². The van der Waals surface area contributed by atoms with E-state index in [1.54, 1.807) is 30.3 Å². The molecule has 2 aromatic carbocycles. The molecule has 24 heavy (non-hydrogen) atoms. The van der Waals surface area contributed by atoms with E-state index in [0.717, 1.165) is 15.4 Å². The zero-order valence-corrected chi connectivity index (χ0v) is 14.8. The molecule has 1 aromatic heterocycles. The van der Waals surface area contributed by atoms with Gasteiger partial charge in [-0.05, 0) is 35.9 Å². The molecule has 0 amide bonds. The van der Waals surface area contributed by atoms with Gasteiger partial charge in [-0.3, -0.25) is 4.79 Å². The van der Waals surface area contributed by atoms with Gasteiger partial charge in [0.15, 0.2) is 0 Å². The Bertz CT molecular complexity index is 947. The average molecular weight is 408 g/mol. The third-order valence-corrected chi connectivity index (χ3v) is 4.19. The molecule has 0 N–H and O–H groups in total. The summed E-state index contributed by atoms with van der Waals surface area (Å²) in [6.07, 6.45) is 0.141. The summed E-state index contributed by atoms with van der Waals surface area (Å²) >= 11 is 9.14. The third-order valence-electron chi connectivity index (χ3n) is 3.44. The van der Waals surface area contributed by atoms with Crippen molar-refractivity contribution in [3.63, 3.8) is 0 Å². The lowest BCUT2D eigenvalue weighted by Gasteiger charge is -2.08. The molecule has 0 bridgehead atoms. The SMILES string of the molecule is O=C(Cc1ccc(Cl)cc1)OCc1cc(=O)oc2cc(Br)ccc12. The largest absolute Gasteiger partial charge is 0.461 e. The monoisotopic (exact) mass is 406 g/mol. The minimum atomic E-state index is -0.482. The molecule has 6 heteroatoms. The highest BCUT2D eigenvalue weighted by atomic mass is 79.9. The molecule has 0 radical (unpaired) electrons. The highest BCUT2D eigenvalue weighted by Crippen LogP contribution is 2.22. The summed E-state index contributed by atoms with van der Waals surface area (Å²) in [5.41, 5.74) is 1.38. The van der Waals surface area contributed by atoms with E-state index in [0.29, 0.717) is 16.2 Å². The minimum absolute atomic E-state index is 0.0101. The van der Waals surface area contributed by atoms with Crippen molar-refractivity contribution in [2.45, 2.75) is 13.0 Å². The molecule has 0 aliphatic rings. The number of fused-ring (bicyclic) bond motifs is 1. The molecule has 1 heterocycles. The number of ether oxygens (including phenoxy) is 1. The summed E-state index contributed by atoms with van der Waals surface area (Å²) < 4.78 is 11.3. The van der Waals surface area contributed by atoms with Crippen molar-refractivity contribution in [2.24, 2.45) is 0 Å². The fraction of sp³-hybridized carbons (Fsp3) is 0.111. The van der Waals surface area contributed by atoms with Crippen LogP contribution in [0.1, 0.15) is 11.1 Å². The first-order valence-corrected chi connectivity index (χ1v) is 8.31. The Morgan fingerprint density at radius 3 is 2.62 bits per heavy atom. The molecule has 0 fully saturated rings. The normalized spacial score (nSPS) is 10.8. The van der Waals surface area contributed by atoms with Crippen LogP contribution in [-0.2, 0) is 22.6 Å². The maximum atomic E-state index is 12.0. The van der Waals surface area contributed by atoms with E-state index in [1.807, 2.05) is 12.1 Å². The maximum Gasteiger partial charge on any atom is 0.336 e. The summed E-state index contributed by atoms with van der Waals surface area (Å²) in [5.74, 6) is -0.379. The second-order valence-corrected chi connectivity index (χ2v) is 6.55. The first-order chi connectivity index (χ1) is 11.5. The molecule has 3 aromatic rings.